The third kappa shape index (κ3) is 4.36. The molecule has 0 radical (unpaired) electrons. The minimum atomic E-state index is -0.241. The van der Waals surface area contributed by atoms with Crippen LogP contribution in [0.3, 0.4) is 0 Å². The van der Waals surface area contributed by atoms with E-state index in [1.54, 1.807) is 36.1 Å². The van der Waals surface area contributed by atoms with Crippen LogP contribution in [0.1, 0.15) is 21.6 Å². The molecule has 0 bridgehead atoms. The number of aryl methyl sites for hydroxylation is 1. The van der Waals surface area contributed by atoms with Crippen LogP contribution in [0.5, 0.6) is 5.75 Å². The van der Waals surface area contributed by atoms with Crippen molar-refractivity contribution in [3.05, 3.63) is 94.2 Å². The van der Waals surface area contributed by atoms with Crippen molar-refractivity contribution in [3.8, 4) is 5.75 Å². The van der Waals surface area contributed by atoms with Gasteiger partial charge in [-0.2, -0.15) is 0 Å². The number of ether oxygens (including phenoxy) is 1. The van der Waals surface area contributed by atoms with Gasteiger partial charge in [0.05, 0.1) is 18.3 Å². The van der Waals surface area contributed by atoms with Crippen LogP contribution >= 0.6 is 0 Å². The summed E-state index contributed by atoms with van der Waals surface area (Å²) in [6.45, 7) is 0.561. The lowest BCUT2D eigenvalue weighted by molar-refractivity contribution is 0.0949. The minimum absolute atomic E-state index is 0.218. The highest BCUT2D eigenvalue weighted by Gasteiger charge is 2.09. The van der Waals surface area contributed by atoms with Gasteiger partial charge in [0, 0.05) is 31.2 Å². The summed E-state index contributed by atoms with van der Waals surface area (Å²) < 4.78 is 7.39. The molecule has 0 saturated carbocycles. The lowest BCUT2D eigenvalue weighted by Crippen LogP contribution is -2.25. The van der Waals surface area contributed by atoms with E-state index < -0.39 is 0 Å². The van der Waals surface area contributed by atoms with Crippen LogP contribution in [0.2, 0.25) is 0 Å². The summed E-state index contributed by atoms with van der Waals surface area (Å²) >= 11 is 0. The van der Waals surface area contributed by atoms with Gasteiger partial charge >= 0.3 is 0 Å². The Balaban J connectivity index is 1.65. The average molecular weight is 349 g/mol. The van der Waals surface area contributed by atoms with E-state index >= 15 is 0 Å². The summed E-state index contributed by atoms with van der Waals surface area (Å²) in [6.07, 6.45) is 4.74. The van der Waals surface area contributed by atoms with E-state index in [0.29, 0.717) is 17.9 Å². The van der Waals surface area contributed by atoms with E-state index in [1.807, 2.05) is 30.3 Å². The number of nitrogens with zero attached hydrogens (tertiary/aromatic N) is 2. The van der Waals surface area contributed by atoms with Crippen LogP contribution in [0.4, 0.5) is 0 Å². The van der Waals surface area contributed by atoms with E-state index in [9.17, 15) is 9.59 Å². The minimum Gasteiger partial charge on any atom is -0.483 e. The summed E-state index contributed by atoms with van der Waals surface area (Å²) in [5.74, 6) is 0.0358. The molecule has 1 aromatic carbocycles. The number of aromatic nitrogens is 2. The van der Waals surface area contributed by atoms with Gasteiger partial charge in [0.2, 0.25) is 5.43 Å². The molecule has 3 rings (SSSR count). The lowest BCUT2D eigenvalue weighted by Gasteiger charge is -2.12. The van der Waals surface area contributed by atoms with Crippen LogP contribution in [-0.4, -0.2) is 15.5 Å². The molecular weight excluding hydrogens is 330 g/mol. The molecule has 0 atom stereocenters. The summed E-state index contributed by atoms with van der Waals surface area (Å²) in [6, 6.07) is 14.5. The normalized spacial score (nSPS) is 10.3. The van der Waals surface area contributed by atoms with Gasteiger partial charge in [0.1, 0.15) is 6.61 Å². The molecule has 0 spiro atoms. The van der Waals surface area contributed by atoms with Gasteiger partial charge in [-0.3, -0.25) is 14.6 Å². The highest BCUT2D eigenvalue weighted by molar-refractivity contribution is 5.93. The molecular formula is C20H19N3O3. The van der Waals surface area contributed by atoms with Crippen molar-refractivity contribution in [2.24, 2.45) is 7.05 Å². The Bertz CT molecular complexity index is 938. The smallest absolute Gasteiger partial charge is 0.253 e. The number of hydrogen-bond acceptors (Lipinski definition) is 4. The number of carbonyl (C=O) groups excluding carboxylic acids is 1. The SMILES string of the molecule is Cn1cc(OCc2ccccc2)c(=O)cc1CNC(=O)c1cccnc1. The maximum atomic E-state index is 12.3. The van der Waals surface area contributed by atoms with Crippen LogP contribution in [0.15, 0.2) is 71.9 Å². The number of amides is 1. The van der Waals surface area contributed by atoms with Crippen molar-refractivity contribution < 1.29 is 9.53 Å². The number of rotatable bonds is 6. The summed E-state index contributed by atoms with van der Waals surface area (Å²) in [5, 5.41) is 2.78. The molecule has 26 heavy (non-hydrogen) atoms. The molecule has 0 aliphatic rings. The molecule has 6 heteroatoms. The molecule has 1 amide bonds. The fourth-order valence-electron chi connectivity index (χ4n) is 2.44. The topological polar surface area (TPSA) is 73.2 Å². The van der Waals surface area contributed by atoms with Crippen molar-refractivity contribution in [3.63, 3.8) is 0 Å². The van der Waals surface area contributed by atoms with E-state index in [4.69, 9.17) is 4.74 Å². The van der Waals surface area contributed by atoms with Crippen LogP contribution in [0, 0.1) is 0 Å². The third-order valence-electron chi connectivity index (χ3n) is 3.90. The summed E-state index contributed by atoms with van der Waals surface area (Å²) in [4.78, 5) is 28.3. The highest BCUT2D eigenvalue weighted by atomic mass is 16.5. The van der Waals surface area contributed by atoms with Crippen LogP contribution in [0.25, 0.3) is 0 Å². The first kappa shape index (κ1) is 17.4. The number of carbonyl (C=O) groups is 1. The Hall–Kier alpha value is -3.41. The number of nitrogens with one attached hydrogen (secondary N) is 1. The third-order valence-corrected chi connectivity index (χ3v) is 3.90. The second-order valence-corrected chi connectivity index (χ2v) is 5.80. The zero-order chi connectivity index (χ0) is 18.4. The molecule has 132 valence electrons. The first-order valence-electron chi connectivity index (χ1n) is 8.18. The molecule has 0 saturated heterocycles. The second kappa shape index (κ2) is 8.11. The Morgan fingerprint density at radius 1 is 1.19 bits per heavy atom. The maximum absolute atomic E-state index is 12.3. The van der Waals surface area contributed by atoms with E-state index in [2.05, 4.69) is 10.3 Å². The molecule has 3 aromatic rings. The Morgan fingerprint density at radius 2 is 2.00 bits per heavy atom. The highest BCUT2D eigenvalue weighted by Crippen LogP contribution is 2.09. The van der Waals surface area contributed by atoms with Crippen molar-refractivity contribution in [1.29, 1.82) is 0 Å². The summed E-state index contributed by atoms with van der Waals surface area (Å²) in [7, 11) is 1.81. The quantitative estimate of drug-likeness (QED) is 0.741. The summed E-state index contributed by atoms with van der Waals surface area (Å²) in [5.41, 5.74) is 1.92. The predicted octanol–water partition coefficient (Wildman–Crippen LogP) is 2.29. The largest absolute Gasteiger partial charge is 0.483 e. The molecule has 0 fully saturated rings. The van der Waals surface area contributed by atoms with Gasteiger partial charge in [-0.05, 0) is 17.7 Å². The van der Waals surface area contributed by atoms with Gasteiger partial charge in [-0.25, -0.2) is 0 Å². The monoisotopic (exact) mass is 349 g/mol. The first-order valence-corrected chi connectivity index (χ1v) is 8.18. The zero-order valence-electron chi connectivity index (χ0n) is 14.4. The van der Waals surface area contributed by atoms with Crippen LogP contribution < -0.4 is 15.5 Å². The lowest BCUT2D eigenvalue weighted by atomic mass is 10.2. The Labute approximate surface area is 151 Å². The molecule has 2 heterocycles. The van der Waals surface area contributed by atoms with Crippen LogP contribution in [-0.2, 0) is 20.2 Å². The standard InChI is InChI=1S/C20H19N3O3/c1-23-13-19(26-14-15-6-3-2-4-7-15)18(24)10-17(23)12-22-20(25)16-8-5-9-21-11-16/h2-11,13H,12,14H2,1H3,(H,22,25). The van der Waals surface area contributed by atoms with Gasteiger partial charge in [0.15, 0.2) is 5.75 Å². The van der Waals surface area contributed by atoms with Gasteiger partial charge in [0.25, 0.3) is 5.91 Å². The van der Waals surface area contributed by atoms with Gasteiger partial charge in [-0.15, -0.1) is 0 Å². The fourth-order valence-corrected chi connectivity index (χ4v) is 2.44. The number of pyridine rings is 2. The second-order valence-electron chi connectivity index (χ2n) is 5.80. The Kier molecular flexibility index (Phi) is 5.43. The van der Waals surface area contributed by atoms with Crippen molar-refractivity contribution >= 4 is 5.91 Å². The maximum Gasteiger partial charge on any atom is 0.253 e. The van der Waals surface area contributed by atoms with Crippen molar-refractivity contribution in [2.75, 3.05) is 0 Å². The van der Waals surface area contributed by atoms with E-state index in [1.165, 1.54) is 12.3 Å². The predicted molar refractivity (Wildman–Crippen MR) is 97.9 cm³/mol. The molecule has 0 unspecified atom stereocenters. The number of benzene rings is 1. The Morgan fingerprint density at radius 3 is 2.73 bits per heavy atom. The van der Waals surface area contributed by atoms with E-state index in [0.717, 1.165) is 5.56 Å². The first-order chi connectivity index (χ1) is 12.6. The average Bonchev–Trinajstić information content (AvgIpc) is 2.68. The van der Waals surface area contributed by atoms with Crippen molar-refractivity contribution in [2.45, 2.75) is 13.2 Å². The van der Waals surface area contributed by atoms with Crippen molar-refractivity contribution in [1.82, 2.24) is 14.9 Å². The fraction of sp³-hybridized carbons (Fsp3) is 0.150. The molecule has 1 N–H and O–H groups in total. The zero-order valence-corrected chi connectivity index (χ0v) is 14.4. The molecule has 0 aliphatic carbocycles. The van der Waals surface area contributed by atoms with Gasteiger partial charge in [-0.1, -0.05) is 30.3 Å². The molecule has 2 aromatic heterocycles. The number of hydrogen-bond donors (Lipinski definition) is 1. The molecule has 6 nitrogen and oxygen atoms in total. The van der Waals surface area contributed by atoms with E-state index in [-0.39, 0.29) is 23.6 Å². The van der Waals surface area contributed by atoms with Gasteiger partial charge < -0.3 is 14.6 Å². The molecule has 0 aliphatic heterocycles.